The topological polar surface area (TPSA) is 23.0 Å². The van der Waals surface area contributed by atoms with Crippen molar-refractivity contribution in [2.75, 3.05) is 0 Å². The van der Waals surface area contributed by atoms with Crippen molar-refractivity contribution in [3.63, 3.8) is 0 Å². The molecule has 45 heavy (non-hydrogen) atoms. The summed E-state index contributed by atoms with van der Waals surface area (Å²) in [7, 11) is 0. The molecule has 0 aliphatic heterocycles. The maximum atomic E-state index is 10.0. The standard InChI is InChI=1S/C42H26N2O/c1-2-11-27(12-3-1)28-21-24-40-34(25-28)42-38(19-10-20-41(42)45-40)44-37-18-9-6-15-32(37)33-23-22-29(26-39(33)44)43-35-16-7-4-13-30(35)31-14-5-8-17-36(31)43/h1-26H/i4D,5D,6D,7D,8D,9D,13D,14D,15D,16D,17D,18D,22D,23D,26D. The quantitative estimate of drug-likeness (QED) is 0.201. The zero-order chi connectivity index (χ0) is 42.5. The molecular weight excluding hydrogens is 548 g/mol. The molecule has 0 spiro atoms. The first-order valence-electron chi connectivity index (χ1n) is 21.6. The number of nitrogens with zero attached hydrogens (tertiary/aromatic N) is 2. The molecule has 3 heterocycles. The average Bonchev–Trinajstić information content (AvgIpc) is 3.93. The molecule has 0 aliphatic carbocycles. The van der Waals surface area contributed by atoms with Gasteiger partial charge in [-0.25, -0.2) is 0 Å². The SMILES string of the molecule is [2H]c1c([2H])c([2H])c2c(c1[2H])c1c([2H])c([2H])c([2H])c([2H])c1n2-c1c([2H])c([2H])c2c3c([2H])c([2H])c([2H])c([2H])c3n(-c3cccc4oc5ccc(-c6ccccc6)cc5c34)c2c1[2H]. The number of para-hydroxylation sites is 3. The molecule has 0 unspecified atom stereocenters. The first kappa shape index (κ1) is 14.1. The molecule has 0 saturated heterocycles. The number of furan rings is 1. The van der Waals surface area contributed by atoms with E-state index in [2.05, 4.69) is 0 Å². The molecule has 10 rings (SSSR count). The maximum Gasteiger partial charge on any atom is 0.137 e. The summed E-state index contributed by atoms with van der Waals surface area (Å²) < 4.78 is 143. The van der Waals surface area contributed by atoms with Gasteiger partial charge < -0.3 is 13.6 Å². The van der Waals surface area contributed by atoms with E-state index in [0.29, 0.717) is 27.6 Å². The molecule has 10 aromatic rings. The van der Waals surface area contributed by atoms with Crippen molar-refractivity contribution in [1.82, 2.24) is 9.13 Å². The van der Waals surface area contributed by atoms with E-state index in [0.717, 1.165) is 15.7 Å². The van der Waals surface area contributed by atoms with Gasteiger partial charge in [-0.1, -0.05) is 103 Å². The minimum atomic E-state index is -0.705. The molecule has 3 heteroatoms. The third kappa shape index (κ3) is 3.46. The molecule has 210 valence electrons. The highest BCUT2D eigenvalue weighted by Gasteiger charge is 2.19. The third-order valence-electron chi connectivity index (χ3n) is 8.22. The summed E-state index contributed by atoms with van der Waals surface area (Å²) in [6.45, 7) is 0. The van der Waals surface area contributed by atoms with Crippen LogP contribution in [0.1, 0.15) is 20.6 Å². The second-order valence-electron chi connectivity index (χ2n) is 10.6. The predicted octanol–water partition coefficient (Wildman–Crippen LogP) is 11.4. The van der Waals surface area contributed by atoms with Crippen LogP contribution in [0.3, 0.4) is 0 Å². The van der Waals surface area contributed by atoms with Crippen molar-refractivity contribution in [1.29, 1.82) is 0 Å². The van der Waals surface area contributed by atoms with E-state index in [9.17, 15) is 5.48 Å². The smallest absolute Gasteiger partial charge is 0.137 e. The van der Waals surface area contributed by atoms with Gasteiger partial charge in [0.1, 0.15) is 11.2 Å². The summed E-state index contributed by atoms with van der Waals surface area (Å²) in [4.78, 5) is 0. The Labute approximate surface area is 279 Å². The summed E-state index contributed by atoms with van der Waals surface area (Å²) in [6, 6.07) is 10.9. The third-order valence-corrected chi connectivity index (χ3v) is 8.22. The van der Waals surface area contributed by atoms with Crippen molar-refractivity contribution < 1.29 is 25.0 Å². The molecule has 0 fully saturated rings. The number of rotatable bonds is 3. The Morgan fingerprint density at radius 1 is 0.467 bits per heavy atom. The van der Waals surface area contributed by atoms with Crippen LogP contribution in [-0.2, 0) is 0 Å². The lowest BCUT2D eigenvalue weighted by Crippen LogP contribution is -1.97. The first-order valence-corrected chi connectivity index (χ1v) is 14.1. The molecule has 0 amide bonds. The van der Waals surface area contributed by atoms with E-state index >= 15 is 0 Å². The number of aromatic nitrogens is 2. The number of hydrogen-bond acceptors (Lipinski definition) is 1. The van der Waals surface area contributed by atoms with Gasteiger partial charge in [0.25, 0.3) is 0 Å². The van der Waals surface area contributed by atoms with E-state index in [1.165, 1.54) is 4.57 Å². The van der Waals surface area contributed by atoms with Crippen molar-refractivity contribution in [2.24, 2.45) is 0 Å². The lowest BCUT2D eigenvalue weighted by molar-refractivity contribution is 0.669. The van der Waals surface area contributed by atoms with Crippen LogP contribution in [0, 0.1) is 0 Å². The molecular formula is C42H26N2O. The zero-order valence-corrected chi connectivity index (χ0v) is 23.2. The number of fused-ring (bicyclic) bond motifs is 9. The van der Waals surface area contributed by atoms with Gasteiger partial charge in [0.2, 0.25) is 0 Å². The second kappa shape index (κ2) is 9.22. The largest absolute Gasteiger partial charge is 0.456 e. The van der Waals surface area contributed by atoms with Crippen LogP contribution in [0.15, 0.2) is 162 Å². The fourth-order valence-corrected chi connectivity index (χ4v) is 6.30. The fourth-order valence-electron chi connectivity index (χ4n) is 6.30. The maximum absolute atomic E-state index is 10.0. The Bertz CT molecular complexity index is 3530. The molecule has 3 aromatic heterocycles. The van der Waals surface area contributed by atoms with E-state index in [4.69, 9.17) is 19.5 Å². The van der Waals surface area contributed by atoms with Crippen LogP contribution >= 0.6 is 0 Å². The van der Waals surface area contributed by atoms with E-state index in [-0.39, 0.29) is 43.6 Å². The highest BCUT2D eigenvalue weighted by atomic mass is 16.3. The summed E-state index contributed by atoms with van der Waals surface area (Å²) in [5.41, 5.74) is 1.50. The molecule has 0 saturated carbocycles. The van der Waals surface area contributed by atoms with Gasteiger partial charge in [-0.05, 0) is 65.6 Å². The number of hydrogen-bond donors (Lipinski definition) is 0. The average molecular weight is 590 g/mol. The summed E-state index contributed by atoms with van der Waals surface area (Å²) in [5, 5.41) is 0.251. The molecule has 0 aliphatic rings. The minimum Gasteiger partial charge on any atom is -0.456 e. The monoisotopic (exact) mass is 589 g/mol. The highest BCUT2D eigenvalue weighted by molar-refractivity contribution is 6.15. The normalized spacial score (nSPS) is 16.7. The summed E-state index contributed by atoms with van der Waals surface area (Å²) in [5.74, 6) is 0. The van der Waals surface area contributed by atoms with E-state index in [1.807, 2.05) is 48.5 Å². The van der Waals surface area contributed by atoms with Crippen LogP contribution in [0.25, 0.3) is 88.1 Å². The Balaban J connectivity index is 1.46. The van der Waals surface area contributed by atoms with Gasteiger partial charge in [0.05, 0.1) is 53.7 Å². The van der Waals surface area contributed by atoms with Gasteiger partial charge in [0, 0.05) is 32.6 Å². The Morgan fingerprint density at radius 3 is 1.82 bits per heavy atom. The molecule has 7 aromatic carbocycles. The van der Waals surface area contributed by atoms with Crippen LogP contribution in [0.5, 0.6) is 0 Å². The van der Waals surface area contributed by atoms with Crippen molar-refractivity contribution in [2.45, 2.75) is 0 Å². The predicted molar refractivity (Wildman–Crippen MR) is 188 cm³/mol. The lowest BCUT2D eigenvalue weighted by Gasteiger charge is -2.12. The molecule has 3 nitrogen and oxygen atoms in total. The fraction of sp³-hybridized carbons (Fsp3) is 0. The van der Waals surface area contributed by atoms with Crippen LogP contribution in [-0.4, -0.2) is 9.13 Å². The molecule has 0 radical (unpaired) electrons. The van der Waals surface area contributed by atoms with Crippen LogP contribution < -0.4 is 0 Å². The summed E-state index contributed by atoms with van der Waals surface area (Å²) in [6.07, 6.45) is 0. The lowest BCUT2D eigenvalue weighted by atomic mass is 10.0. The van der Waals surface area contributed by atoms with Crippen LogP contribution in [0.2, 0.25) is 0 Å². The molecule has 0 atom stereocenters. The van der Waals surface area contributed by atoms with Gasteiger partial charge in [-0.3, -0.25) is 0 Å². The zero-order valence-electron chi connectivity index (χ0n) is 38.2. The summed E-state index contributed by atoms with van der Waals surface area (Å²) >= 11 is 0. The Kier molecular flexibility index (Phi) is 2.90. The van der Waals surface area contributed by atoms with Gasteiger partial charge in [0.15, 0.2) is 0 Å². The number of benzene rings is 7. The van der Waals surface area contributed by atoms with Crippen molar-refractivity contribution in [3.05, 3.63) is 157 Å². The van der Waals surface area contributed by atoms with E-state index in [1.54, 1.807) is 18.2 Å². The van der Waals surface area contributed by atoms with Crippen molar-refractivity contribution >= 4 is 65.6 Å². The van der Waals surface area contributed by atoms with Crippen LogP contribution in [0.4, 0.5) is 0 Å². The van der Waals surface area contributed by atoms with Crippen molar-refractivity contribution in [3.8, 4) is 22.5 Å². The van der Waals surface area contributed by atoms with Gasteiger partial charge in [-0.15, -0.1) is 0 Å². The first-order chi connectivity index (χ1) is 28.6. The second-order valence-corrected chi connectivity index (χ2v) is 10.6. The van der Waals surface area contributed by atoms with Gasteiger partial charge >= 0.3 is 0 Å². The molecule has 0 bridgehead atoms. The minimum absolute atomic E-state index is 0.110. The van der Waals surface area contributed by atoms with Gasteiger partial charge in [-0.2, -0.15) is 0 Å². The Morgan fingerprint density at radius 2 is 1.11 bits per heavy atom. The Hall–Kier alpha value is -6.06. The molecule has 0 N–H and O–H groups in total. The highest BCUT2D eigenvalue weighted by Crippen LogP contribution is 2.41. The van der Waals surface area contributed by atoms with E-state index < -0.39 is 96.3 Å².